The van der Waals surface area contributed by atoms with E-state index in [9.17, 15) is 13.2 Å². The predicted octanol–water partition coefficient (Wildman–Crippen LogP) is 1.80. The number of benzene rings is 1. The lowest BCUT2D eigenvalue weighted by atomic mass is 10.2. The number of pyridine rings is 1. The molecule has 3 rings (SSSR count). The van der Waals surface area contributed by atoms with Gasteiger partial charge in [0.15, 0.2) is 9.84 Å². The lowest BCUT2D eigenvalue weighted by Gasteiger charge is -2.12. The Morgan fingerprint density at radius 2 is 2.12 bits per heavy atom. The van der Waals surface area contributed by atoms with E-state index in [1.807, 2.05) is 6.07 Å². The fourth-order valence-corrected chi connectivity index (χ4v) is 4.31. The topological polar surface area (TPSA) is 112 Å². The number of carbonyl (C=O) groups excluding carboxylic acids is 1. The molecular formula is C17H16N4O3S. The van der Waals surface area contributed by atoms with Gasteiger partial charge in [0.25, 0.3) is 5.91 Å². The van der Waals surface area contributed by atoms with Gasteiger partial charge in [0, 0.05) is 23.5 Å². The van der Waals surface area contributed by atoms with Crippen molar-refractivity contribution in [3.63, 3.8) is 0 Å². The Labute approximate surface area is 145 Å². The number of aromatic nitrogens is 1. The molecule has 2 heterocycles. The monoisotopic (exact) mass is 356 g/mol. The lowest BCUT2D eigenvalue weighted by molar-refractivity contribution is 0.102. The molecule has 1 fully saturated rings. The number of nitrogens with zero attached hydrogens (tertiary/aromatic N) is 2. The summed E-state index contributed by atoms with van der Waals surface area (Å²) < 4.78 is 23.0. The maximum atomic E-state index is 12.4. The number of hydrogen-bond donors (Lipinski definition) is 2. The first kappa shape index (κ1) is 16.9. The van der Waals surface area contributed by atoms with Crippen molar-refractivity contribution in [2.75, 3.05) is 22.1 Å². The maximum absolute atomic E-state index is 12.4. The second-order valence-electron chi connectivity index (χ2n) is 5.82. The third-order valence-electron chi connectivity index (χ3n) is 3.86. The van der Waals surface area contributed by atoms with Crippen molar-refractivity contribution in [1.29, 1.82) is 5.26 Å². The van der Waals surface area contributed by atoms with E-state index in [4.69, 9.17) is 5.26 Å². The summed E-state index contributed by atoms with van der Waals surface area (Å²) in [5, 5.41) is 14.7. The van der Waals surface area contributed by atoms with E-state index in [2.05, 4.69) is 15.6 Å². The summed E-state index contributed by atoms with van der Waals surface area (Å²) in [5.41, 5.74) is 1.37. The van der Waals surface area contributed by atoms with Crippen LogP contribution in [0.4, 0.5) is 11.5 Å². The summed E-state index contributed by atoms with van der Waals surface area (Å²) in [6.07, 6.45) is 2.02. The summed E-state index contributed by atoms with van der Waals surface area (Å²) in [6, 6.07) is 11.6. The molecule has 2 aromatic rings. The van der Waals surface area contributed by atoms with Crippen molar-refractivity contribution in [2.45, 2.75) is 12.5 Å². The van der Waals surface area contributed by atoms with E-state index >= 15 is 0 Å². The van der Waals surface area contributed by atoms with Crippen LogP contribution < -0.4 is 10.6 Å². The van der Waals surface area contributed by atoms with E-state index < -0.39 is 9.84 Å². The van der Waals surface area contributed by atoms with E-state index in [1.54, 1.807) is 36.4 Å². The maximum Gasteiger partial charge on any atom is 0.255 e. The van der Waals surface area contributed by atoms with Crippen LogP contribution in [0.5, 0.6) is 0 Å². The van der Waals surface area contributed by atoms with E-state index in [0.717, 1.165) is 0 Å². The first-order chi connectivity index (χ1) is 11.9. The quantitative estimate of drug-likeness (QED) is 0.864. The molecule has 7 nitrogen and oxygen atoms in total. The number of anilines is 2. The average molecular weight is 356 g/mol. The van der Waals surface area contributed by atoms with Gasteiger partial charge in [-0.2, -0.15) is 5.26 Å². The molecule has 0 spiro atoms. The van der Waals surface area contributed by atoms with Crippen LogP contribution in [-0.4, -0.2) is 36.9 Å². The second-order valence-corrected chi connectivity index (χ2v) is 8.05. The minimum atomic E-state index is -2.99. The van der Waals surface area contributed by atoms with Crippen molar-refractivity contribution < 1.29 is 13.2 Å². The Balaban J connectivity index is 1.70. The van der Waals surface area contributed by atoms with Gasteiger partial charge in [0.1, 0.15) is 5.82 Å². The highest BCUT2D eigenvalue weighted by atomic mass is 32.2. The molecule has 0 bridgehead atoms. The largest absolute Gasteiger partial charge is 0.366 e. The number of nitrogens with one attached hydrogen (secondary N) is 2. The Morgan fingerprint density at radius 3 is 2.84 bits per heavy atom. The molecule has 128 valence electrons. The van der Waals surface area contributed by atoms with Gasteiger partial charge >= 0.3 is 0 Å². The van der Waals surface area contributed by atoms with Crippen molar-refractivity contribution in [3.8, 4) is 6.07 Å². The lowest BCUT2D eigenvalue weighted by Crippen LogP contribution is -2.21. The number of amides is 1. The zero-order valence-corrected chi connectivity index (χ0v) is 14.1. The Morgan fingerprint density at radius 1 is 1.28 bits per heavy atom. The SMILES string of the molecule is N#Cc1cccc(NC(=O)c2ccnc(NC3CCS(=O)(=O)C3)c2)c1. The van der Waals surface area contributed by atoms with Gasteiger partial charge in [-0.1, -0.05) is 6.07 Å². The number of hydrogen-bond acceptors (Lipinski definition) is 6. The highest BCUT2D eigenvalue weighted by Crippen LogP contribution is 2.18. The highest BCUT2D eigenvalue weighted by Gasteiger charge is 2.28. The average Bonchev–Trinajstić information content (AvgIpc) is 2.93. The molecule has 1 saturated heterocycles. The Hall–Kier alpha value is -2.92. The molecule has 1 aliphatic heterocycles. The summed E-state index contributed by atoms with van der Waals surface area (Å²) >= 11 is 0. The summed E-state index contributed by atoms with van der Waals surface area (Å²) in [6.45, 7) is 0. The van der Waals surface area contributed by atoms with Crippen LogP contribution in [0, 0.1) is 11.3 Å². The van der Waals surface area contributed by atoms with Gasteiger partial charge < -0.3 is 10.6 Å². The number of rotatable bonds is 4. The summed E-state index contributed by atoms with van der Waals surface area (Å²) in [4.78, 5) is 16.5. The minimum Gasteiger partial charge on any atom is -0.366 e. The van der Waals surface area contributed by atoms with E-state index in [0.29, 0.717) is 29.1 Å². The van der Waals surface area contributed by atoms with E-state index in [1.165, 1.54) is 6.20 Å². The molecule has 0 saturated carbocycles. The number of nitriles is 1. The molecule has 1 aromatic heterocycles. The van der Waals surface area contributed by atoms with Gasteiger partial charge in [-0.05, 0) is 36.8 Å². The molecule has 1 amide bonds. The second kappa shape index (κ2) is 6.91. The molecule has 25 heavy (non-hydrogen) atoms. The van der Waals surface area contributed by atoms with Gasteiger partial charge in [-0.25, -0.2) is 13.4 Å². The fourth-order valence-electron chi connectivity index (χ4n) is 2.64. The Bertz CT molecular complexity index is 950. The van der Waals surface area contributed by atoms with Crippen LogP contribution in [0.25, 0.3) is 0 Å². The molecule has 1 aliphatic rings. The summed E-state index contributed by atoms with van der Waals surface area (Å²) in [7, 11) is -2.99. The third-order valence-corrected chi connectivity index (χ3v) is 5.62. The van der Waals surface area contributed by atoms with Crippen LogP contribution in [0.2, 0.25) is 0 Å². The van der Waals surface area contributed by atoms with Crippen LogP contribution in [0.3, 0.4) is 0 Å². The molecule has 1 atom stereocenters. The first-order valence-electron chi connectivity index (χ1n) is 7.70. The Kier molecular flexibility index (Phi) is 4.67. The van der Waals surface area contributed by atoms with Gasteiger partial charge in [0.05, 0.1) is 23.1 Å². The van der Waals surface area contributed by atoms with Crippen LogP contribution in [0.1, 0.15) is 22.3 Å². The number of sulfone groups is 1. The standard InChI is InChI=1S/C17H16N4O3S/c18-10-12-2-1-3-14(8-12)21-17(22)13-4-6-19-16(9-13)20-15-5-7-25(23,24)11-15/h1-4,6,8-9,15H,5,7,11H2,(H,19,20)(H,21,22). The molecule has 0 radical (unpaired) electrons. The molecular weight excluding hydrogens is 340 g/mol. The number of carbonyl (C=O) groups is 1. The smallest absolute Gasteiger partial charge is 0.255 e. The summed E-state index contributed by atoms with van der Waals surface area (Å²) in [5.74, 6) is 0.367. The minimum absolute atomic E-state index is 0.0755. The third kappa shape index (κ3) is 4.33. The zero-order chi connectivity index (χ0) is 17.9. The molecule has 2 N–H and O–H groups in total. The fraction of sp³-hybridized carbons (Fsp3) is 0.235. The first-order valence-corrected chi connectivity index (χ1v) is 9.52. The van der Waals surface area contributed by atoms with E-state index in [-0.39, 0.29) is 23.5 Å². The van der Waals surface area contributed by atoms with Gasteiger partial charge in [-0.15, -0.1) is 0 Å². The molecule has 1 unspecified atom stereocenters. The van der Waals surface area contributed by atoms with Crippen molar-refractivity contribution in [2.24, 2.45) is 0 Å². The molecule has 8 heteroatoms. The zero-order valence-electron chi connectivity index (χ0n) is 13.3. The van der Waals surface area contributed by atoms with Crippen LogP contribution in [0.15, 0.2) is 42.6 Å². The van der Waals surface area contributed by atoms with Crippen LogP contribution in [-0.2, 0) is 9.84 Å². The predicted molar refractivity (Wildman–Crippen MR) is 94.0 cm³/mol. The van der Waals surface area contributed by atoms with Gasteiger partial charge in [-0.3, -0.25) is 4.79 Å². The molecule has 1 aromatic carbocycles. The highest BCUT2D eigenvalue weighted by molar-refractivity contribution is 7.91. The van der Waals surface area contributed by atoms with Gasteiger partial charge in [0.2, 0.25) is 0 Å². The normalized spacial score (nSPS) is 18.3. The van der Waals surface area contributed by atoms with Crippen molar-refractivity contribution >= 4 is 27.2 Å². The molecule has 0 aliphatic carbocycles. The van der Waals surface area contributed by atoms with Crippen molar-refractivity contribution in [1.82, 2.24) is 4.98 Å². The van der Waals surface area contributed by atoms with Crippen LogP contribution >= 0.6 is 0 Å². The van der Waals surface area contributed by atoms with Crippen molar-refractivity contribution in [3.05, 3.63) is 53.7 Å².